The van der Waals surface area contributed by atoms with Gasteiger partial charge in [0.1, 0.15) is 21.8 Å². The van der Waals surface area contributed by atoms with E-state index in [2.05, 4.69) is 24.8 Å². The summed E-state index contributed by atoms with van der Waals surface area (Å²) in [5.74, 6) is 2.79. The molecule has 1 aromatic carbocycles. The lowest BCUT2D eigenvalue weighted by molar-refractivity contribution is -0.122. The number of nitrogens with zero attached hydrogens (tertiary/aromatic N) is 4. The molecule has 2 aromatic rings. The number of piperidine rings is 1. The fourth-order valence-corrected chi connectivity index (χ4v) is 6.66. The van der Waals surface area contributed by atoms with Crippen LogP contribution in [0.2, 0.25) is 0 Å². The van der Waals surface area contributed by atoms with Crippen molar-refractivity contribution < 1.29 is 14.3 Å². The first-order valence-electron chi connectivity index (χ1n) is 12.2. The van der Waals surface area contributed by atoms with Gasteiger partial charge in [-0.05, 0) is 54.5 Å². The standard InChI is InChI=1S/C27H28N4O4S2/c1-15-7-16(2)12-30(11-15)24-19(17(3)20(10-28)25(32)29(24)4)9-23-26(33)31(27(36)37-23)13-18-5-6-21-22(8-18)35-14-34-21/h5-6,8-9,15-16H,7,11-14H2,1-4H3/b23-9-. The maximum absolute atomic E-state index is 13.5. The van der Waals surface area contributed by atoms with Gasteiger partial charge in [0.25, 0.3) is 11.5 Å². The van der Waals surface area contributed by atoms with Crippen LogP contribution in [0.25, 0.3) is 6.08 Å². The molecule has 1 amide bonds. The number of amides is 1. The molecule has 4 heterocycles. The number of pyridine rings is 1. The lowest BCUT2D eigenvalue weighted by atomic mass is 9.91. The molecule has 0 saturated carbocycles. The van der Waals surface area contributed by atoms with Crippen molar-refractivity contribution in [1.29, 1.82) is 5.26 Å². The molecule has 0 spiro atoms. The van der Waals surface area contributed by atoms with Crippen LogP contribution in [-0.4, -0.2) is 39.6 Å². The highest BCUT2D eigenvalue weighted by Crippen LogP contribution is 2.39. The van der Waals surface area contributed by atoms with E-state index < -0.39 is 0 Å². The van der Waals surface area contributed by atoms with E-state index in [1.54, 1.807) is 29.5 Å². The molecule has 2 fully saturated rings. The molecule has 3 aliphatic heterocycles. The zero-order valence-electron chi connectivity index (χ0n) is 21.2. The Morgan fingerprint density at radius 3 is 2.59 bits per heavy atom. The molecule has 0 N–H and O–H groups in total. The number of anilines is 1. The third-order valence-corrected chi connectivity index (χ3v) is 8.44. The Labute approximate surface area is 225 Å². The van der Waals surface area contributed by atoms with Gasteiger partial charge in [-0.1, -0.05) is 43.9 Å². The predicted octanol–water partition coefficient (Wildman–Crippen LogP) is 4.18. The van der Waals surface area contributed by atoms with Crippen LogP contribution in [0.3, 0.4) is 0 Å². The van der Waals surface area contributed by atoms with Crippen LogP contribution in [0.5, 0.6) is 11.5 Å². The lowest BCUT2D eigenvalue weighted by Gasteiger charge is -2.38. The molecular weight excluding hydrogens is 508 g/mol. The number of benzene rings is 1. The van der Waals surface area contributed by atoms with Crippen molar-refractivity contribution in [3.63, 3.8) is 0 Å². The van der Waals surface area contributed by atoms with Crippen LogP contribution < -0.4 is 19.9 Å². The molecule has 192 valence electrons. The number of nitriles is 1. The van der Waals surface area contributed by atoms with Crippen molar-refractivity contribution in [2.75, 3.05) is 24.8 Å². The maximum Gasteiger partial charge on any atom is 0.270 e. The highest BCUT2D eigenvalue weighted by atomic mass is 32.2. The fraction of sp³-hybridized carbons (Fsp3) is 0.407. The molecule has 2 unspecified atom stereocenters. The number of hydrogen-bond donors (Lipinski definition) is 0. The summed E-state index contributed by atoms with van der Waals surface area (Å²) in [6, 6.07) is 7.65. The minimum atomic E-state index is -0.326. The zero-order chi connectivity index (χ0) is 26.4. The number of carbonyl (C=O) groups is 1. The van der Waals surface area contributed by atoms with Gasteiger partial charge in [0.05, 0.1) is 11.4 Å². The summed E-state index contributed by atoms with van der Waals surface area (Å²) in [6.45, 7) is 8.28. The fourth-order valence-electron chi connectivity index (χ4n) is 5.42. The Morgan fingerprint density at radius 1 is 1.19 bits per heavy atom. The maximum atomic E-state index is 13.5. The molecule has 0 aliphatic carbocycles. The van der Waals surface area contributed by atoms with Crippen molar-refractivity contribution in [2.45, 2.75) is 33.7 Å². The average Bonchev–Trinajstić information content (AvgIpc) is 3.42. The summed E-state index contributed by atoms with van der Waals surface area (Å²) < 4.78 is 12.9. The first-order valence-corrected chi connectivity index (χ1v) is 13.4. The van der Waals surface area contributed by atoms with Crippen LogP contribution >= 0.6 is 24.0 Å². The minimum Gasteiger partial charge on any atom is -0.454 e. The van der Waals surface area contributed by atoms with E-state index in [9.17, 15) is 14.9 Å². The van der Waals surface area contributed by atoms with E-state index in [-0.39, 0.29) is 23.8 Å². The molecule has 2 atom stereocenters. The second kappa shape index (κ2) is 9.88. The minimum absolute atomic E-state index is 0.0893. The molecular formula is C27H28N4O4S2. The number of fused-ring (bicyclic) bond motifs is 1. The van der Waals surface area contributed by atoms with Crippen molar-refractivity contribution in [1.82, 2.24) is 9.47 Å². The number of thioether (sulfide) groups is 1. The van der Waals surface area contributed by atoms with Crippen LogP contribution in [0.1, 0.15) is 42.5 Å². The number of hydrogen-bond acceptors (Lipinski definition) is 8. The number of ether oxygens (including phenoxy) is 2. The normalized spacial score (nSPS) is 22.2. The number of carbonyl (C=O) groups excluding carboxylic acids is 1. The van der Waals surface area contributed by atoms with Gasteiger partial charge >= 0.3 is 0 Å². The quantitative estimate of drug-likeness (QED) is 0.425. The molecule has 5 rings (SSSR count). The van der Waals surface area contributed by atoms with Gasteiger partial charge in [0, 0.05) is 25.7 Å². The van der Waals surface area contributed by atoms with Gasteiger partial charge < -0.3 is 14.4 Å². The van der Waals surface area contributed by atoms with Gasteiger partial charge in [-0.2, -0.15) is 5.26 Å². The van der Waals surface area contributed by atoms with E-state index in [0.29, 0.717) is 50.2 Å². The van der Waals surface area contributed by atoms with E-state index in [1.807, 2.05) is 18.2 Å². The molecule has 2 saturated heterocycles. The summed E-state index contributed by atoms with van der Waals surface area (Å²) in [5.41, 5.74) is 1.93. The second-order valence-corrected chi connectivity index (χ2v) is 11.7. The average molecular weight is 537 g/mol. The van der Waals surface area contributed by atoms with Gasteiger partial charge in [-0.25, -0.2) is 0 Å². The van der Waals surface area contributed by atoms with Gasteiger partial charge in [-0.3, -0.25) is 19.1 Å². The lowest BCUT2D eigenvalue weighted by Crippen LogP contribution is -2.42. The number of thiocarbonyl (C=S) groups is 1. The highest BCUT2D eigenvalue weighted by Gasteiger charge is 2.34. The monoisotopic (exact) mass is 536 g/mol. The third kappa shape index (κ3) is 4.62. The van der Waals surface area contributed by atoms with Crippen LogP contribution in [-0.2, 0) is 18.4 Å². The summed E-state index contributed by atoms with van der Waals surface area (Å²) in [5, 5.41) is 9.74. The topological polar surface area (TPSA) is 87.8 Å². The van der Waals surface area contributed by atoms with Crippen molar-refractivity contribution >= 4 is 46.1 Å². The SMILES string of the molecule is Cc1c(/C=C2\SC(=S)N(Cc3ccc4c(c3)OCO4)C2=O)c(N2CC(C)CC(C)C2)n(C)c(=O)c1C#N. The summed E-state index contributed by atoms with van der Waals surface area (Å²) in [6.07, 6.45) is 2.92. The Bertz CT molecular complexity index is 1430. The van der Waals surface area contributed by atoms with Gasteiger partial charge in [-0.15, -0.1) is 0 Å². The first kappa shape index (κ1) is 25.4. The highest BCUT2D eigenvalue weighted by molar-refractivity contribution is 8.26. The van der Waals surface area contributed by atoms with E-state index in [4.69, 9.17) is 21.7 Å². The number of aromatic nitrogens is 1. The van der Waals surface area contributed by atoms with Crippen molar-refractivity contribution in [3.8, 4) is 17.6 Å². The zero-order valence-corrected chi connectivity index (χ0v) is 22.9. The molecule has 37 heavy (non-hydrogen) atoms. The summed E-state index contributed by atoms with van der Waals surface area (Å²) in [4.78, 5) is 30.8. The molecule has 8 nitrogen and oxygen atoms in total. The van der Waals surface area contributed by atoms with Gasteiger partial charge in [0.15, 0.2) is 11.5 Å². The van der Waals surface area contributed by atoms with Crippen LogP contribution in [0.15, 0.2) is 27.9 Å². The smallest absolute Gasteiger partial charge is 0.270 e. The number of rotatable bonds is 4. The van der Waals surface area contributed by atoms with Crippen molar-refractivity contribution in [2.24, 2.45) is 18.9 Å². The van der Waals surface area contributed by atoms with E-state index in [0.717, 1.165) is 30.9 Å². The molecule has 3 aliphatic rings. The van der Waals surface area contributed by atoms with Crippen LogP contribution in [0.4, 0.5) is 5.82 Å². The van der Waals surface area contributed by atoms with E-state index >= 15 is 0 Å². The molecule has 0 bridgehead atoms. The molecule has 10 heteroatoms. The Kier molecular flexibility index (Phi) is 6.77. The molecule has 1 aromatic heterocycles. The Hall–Kier alpha value is -3.29. The Balaban J connectivity index is 1.53. The largest absolute Gasteiger partial charge is 0.454 e. The Morgan fingerprint density at radius 2 is 1.89 bits per heavy atom. The predicted molar refractivity (Wildman–Crippen MR) is 148 cm³/mol. The summed E-state index contributed by atoms with van der Waals surface area (Å²) >= 11 is 6.81. The summed E-state index contributed by atoms with van der Waals surface area (Å²) in [7, 11) is 1.70. The van der Waals surface area contributed by atoms with E-state index in [1.165, 1.54) is 11.8 Å². The second-order valence-electron chi connectivity index (χ2n) is 10.0. The first-order chi connectivity index (χ1) is 17.7. The van der Waals surface area contributed by atoms with Crippen molar-refractivity contribution in [3.05, 3.63) is 55.7 Å². The van der Waals surface area contributed by atoms with Gasteiger partial charge in [0.2, 0.25) is 6.79 Å². The third-order valence-electron chi connectivity index (χ3n) is 7.06. The van der Waals surface area contributed by atoms with Crippen LogP contribution in [0, 0.1) is 30.1 Å². The molecule has 0 radical (unpaired) electrons.